The number of methoxy groups -OCH3 is 2. The zero-order valence-electron chi connectivity index (χ0n) is 40.6. The second-order valence-corrected chi connectivity index (χ2v) is 20.6. The molecule has 1 amide bonds. The number of cyclic esters (lactones) is 1. The fourth-order valence-electron chi connectivity index (χ4n) is 10.1. The Labute approximate surface area is 392 Å². The predicted octanol–water partition coefficient (Wildman–Crippen LogP) is 6.90. The summed E-state index contributed by atoms with van der Waals surface area (Å²) in [5.41, 5.74) is 1.46. The van der Waals surface area contributed by atoms with E-state index in [9.17, 15) is 39.3 Å². The highest BCUT2D eigenvalue weighted by Crippen LogP contribution is 2.38. The third-order valence-corrected chi connectivity index (χ3v) is 15.6. The van der Waals surface area contributed by atoms with Gasteiger partial charge >= 0.3 is 5.97 Å². The van der Waals surface area contributed by atoms with Crippen LogP contribution in [0.3, 0.4) is 0 Å². The van der Waals surface area contributed by atoms with Gasteiger partial charge in [-0.05, 0) is 114 Å². The minimum Gasteiger partial charge on any atom is -0.460 e. The molecular weight excluding hydrogens is 851 g/mol. The molecule has 65 heavy (non-hydrogen) atoms. The quantitative estimate of drug-likeness (QED) is 0.142. The molecule has 0 aromatic carbocycles. The van der Waals surface area contributed by atoms with Gasteiger partial charge in [0.1, 0.15) is 30.1 Å². The van der Waals surface area contributed by atoms with Crippen molar-refractivity contribution in [3.8, 4) is 0 Å². The van der Waals surface area contributed by atoms with E-state index in [0.717, 1.165) is 12.0 Å². The van der Waals surface area contributed by atoms with E-state index in [1.54, 1.807) is 45.7 Å². The maximum atomic E-state index is 14.4. The van der Waals surface area contributed by atoms with Crippen LogP contribution in [0.15, 0.2) is 47.6 Å². The first-order valence-electron chi connectivity index (χ1n) is 23.9. The number of allylic oxidation sites excluding steroid dienone is 6. The number of thioether (sulfide) groups is 1. The first-order chi connectivity index (χ1) is 30.7. The molecule has 2 saturated heterocycles. The topological polar surface area (TPSA) is 186 Å². The molecule has 3 aliphatic heterocycles. The van der Waals surface area contributed by atoms with Crippen molar-refractivity contribution in [2.45, 2.75) is 179 Å². The van der Waals surface area contributed by atoms with Gasteiger partial charge in [-0.1, -0.05) is 76.6 Å². The van der Waals surface area contributed by atoms with Crippen LogP contribution in [0.2, 0.25) is 0 Å². The van der Waals surface area contributed by atoms with Crippen molar-refractivity contribution in [2.24, 2.45) is 35.5 Å². The normalized spacial score (nSPS) is 40.4. The average Bonchev–Trinajstić information content (AvgIpc) is 3.28. The summed E-state index contributed by atoms with van der Waals surface area (Å²) in [5, 5.41) is 33.9. The zero-order valence-corrected chi connectivity index (χ0v) is 41.4. The number of aliphatic hydroxyl groups excluding tert-OH is 2. The summed E-state index contributed by atoms with van der Waals surface area (Å²) < 4.78 is 23.6. The van der Waals surface area contributed by atoms with E-state index in [4.69, 9.17) is 18.9 Å². The van der Waals surface area contributed by atoms with Crippen LogP contribution in [-0.4, -0.2) is 130 Å². The highest BCUT2D eigenvalue weighted by molar-refractivity contribution is 7.99. The Kier molecular flexibility index (Phi) is 21.3. The van der Waals surface area contributed by atoms with E-state index < -0.39 is 77.8 Å². The van der Waals surface area contributed by atoms with Crippen molar-refractivity contribution in [1.29, 1.82) is 0 Å². The van der Waals surface area contributed by atoms with E-state index in [0.29, 0.717) is 63.4 Å². The van der Waals surface area contributed by atoms with Crippen LogP contribution in [0, 0.1) is 35.5 Å². The van der Waals surface area contributed by atoms with E-state index in [1.807, 2.05) is 64.3 Å². The molecule has 3 heterocycles. The van der Waals surface area contributed by atoms with Gasteiger partial charge in [-0.15, -0.1) is 0 Å². The molecule has 0 aromatic heterocycles. The predicted molar refractivity (Wildman–Crippen MR) is 252 cm³/mol. The molecule has 0 aromatic rings. The van der Waals surface area contributed by atoms with Gasteiger partial charge in [-0.3, -0.25) is 19.2 Å². The van der Waals surface area contributed by atoms with Crippen molar-refractivity contribution < 1.29 is 58.2 Å². The van der Waals surface area contributed by atoms with Crippen molar-refractivity contribution in [2.75, 3.05) is 27.0 Å². The molecule has 0 spiro atoms. The summed E-state index contributed by atoms with van der Waals surface area (Å²) in [6.07, 6.45) is 14.4. The van der Waals surface area contributed by atoms with Gasteiger partial charge < -0.3 is 39.2 Å². The molecule has 366 valence electrons. The van der Waals surface area contributed by atoms with E-state index in [1.165, 1.54) is 12.0 Å². The molecule has 14 heteroatoms. The number of amides is 1. The van der Waals surface area contributed by atoms with Crippen LogP contribution in [0.4, 0.5) is 0 Å². The standard InChI is InChI=1S/C51H79NO12S/c1-30-16-12-11-13-17-31(2)44(65-10)28-38-21-19-36(7)51(60,64-38)48(57)49(58)52-23-15-14-18-39(52)50(59)63-42(33(4)26-37-20-22-40(53)43(27-37)61-8)29-41(54)32(3)25-35(6)46(56)47(62-9)45(55)34(5)24-30/h11-13,16-17,25,30,32-34,36-40,42-44,46-47,53,56,60H,14-15,18-24,26-29H2,1-10H3/b13-11+,16-12+,31-17+,35-25+/t30-,32-,33-,34-,36-,37+,38+,39+,40-,42+,43-,44-,46-,47-,51-/m1/s1. The average molecular weight is 930 g/mol. The molecule has 0 unspecified atom stereocenters. The van der Waals surface area contributed by atoms with Gasteiger partial charge in [0.05, 0.1) is 18.3 Å². The van der Waals surface area contributed by atoms with Crippen molar-refractivity contribution in [3.05, 3.63) is 47.6 Å². The van der Waals surface area contributed by atoms with Crippen LogP contribution in [0.25, 0.3) is 0 Å². The van der Waals surface area contributed by atoms with Crippen LogP contribution in [0.1, 0.15) is 126 Å². The summed E-state index contributed by atoms with van der Waals surface area (Å²) in [7, 11) is 2.96. The lowest BCUT2D eigenvalue weighted by Gasteiger charge is -2.42. The number of piperidine rings is 1. The number of ether oxygens (including phenoxy) is 4. The Morgan fingerprint density at radius 2 is 1.62 bits per heavy atom. The highest BCUT2D eigenvalue weighted by Gasteiger charge is 2.53. The third kappa shape index (κ3) is 14.5. The lowest BCUT2D eigenvalue weighted by Crippen LogP contribution is -2.60. The number of Topliss-reactive ketones (excluding diaryl/α,β-unsaturated/α-hetero) is 3. The fraction of sp³-hybridized carbons (Fsp3) is 0.745. The first kappa shape index (κ1) is 54.6. The van der Waals surface area contributed by atoms with Crippen molar-refractivity contribution in [3.63, 3.8) is 0 Å². The molecule has 15 atom stereocenters. The number of fused-ring (bicyclic) bond motifs is 3. The van der Waals surface area contributed by atoms with E-state index >= 15 is 0 Å². The number of ketones is 3. The number of rotatable bonds is 6. The van der Waals surface area contributed by atoms with Crippen LogP contribution in [0.5, 0.6) is 0 Å². The second-order valence-electron chi connectivity index (χ2n) is 19.6. The summed E-state index contributed by atoms with van der Waals surface area (Å²) in [4.78, 5) is 71.9. The smallest absolute Gasteiger partial charge is 0.329 e. The van der Waals surface area contributed by atoms with Gasteiger partial charge in [-0.25, -0.2) is 4.79 Å². The molecule has 1 saturated carbocycles. The van der Waals surface area contributed by atoms with Gasteiger partial charge in [0.2, 0.25) is 5.79 Å². The van der Waals surface area contributed by atoms with Crippen LogP contribution < -0.4 is 0 Å². The third-order valence-electron chi connectivity index (χ3n) is 14.5. The number of nitrogens with zero attached hydrogens (tertiary/aromatic N) is 1. The van der Waals surface area contributed by atoms with Crippen molar-refractivity contribution in [1.82, 2.24) is 4.90 Å². The number of hydrogen-bond donors (Lipinski definition) is 3. The molecule has 2 bridgehead atoms. The minimum absolute atomic E-state index is 0.000885. The van der Waals surface area contributed by atoms with Gasteiger partial charge in [0, 0.05) is 50.2 Å². The summed E-state index contributed by atoms with van der Waals surface area (Å²) in [5.74, 6) is -7.73. The van der Waals surface area contributed by atoms with Gasteiger partial charge in [0.15, 0.2) is 5.78 Å². The van der Waals surface area contributed by atoms with Gasteiger partial charge in [-0.2, -0.15) is 11.8 Å². The summed E-state index contributed by atoms with van der Waals surface area (Å²) >= 11 is 1.63. The second kappa shape index (κ2) is 25.4. The largest absolute Gasteiger partial charge is 0.460 e. The number of aliphatic hydroxyl groups is 3. The Morgan fingerprint density at radius 3 is 2.29 bits per heavy atom. The SMILES string of the molecule is CO[C@@H]1C(=O)[C@H](C)C[C@H](C)/C=C/C=C/C=C(\C)[C@H](SC)C[C@@H]2CC[C@@H](C)[C@@](O)(O2)C(=O)C(=O)N2CCCC[C@H]2C(=O)O[C@H]([C@H](C)C[C@@H]2CC[C@@H](O)[C@H](OC)C2)CC(=O)[C@H](C)/C=C(\C)[C@H]1O. The number of carbonyl (C=O) groups is 5. The Morgan fingerprint density at radius 1 is 0.892 bits per heavy atom. The Hall–Kier alpha value is -2.98. The lowest BCUT2D eigenvalue weighted by molar-refractivity contribution is -0.263. The first-order valence-corrected chi connectivity index (χ1v) is 25.2. The molecular formula is C51H79NO12S. The molecule has 4 aliphatic rings. The highest BCUT2D eigenvalue weighted by atomic mass is 32.2. The zero-order chi connectivity index (χ0) is 48.2. The maximum absolute atomic E-state index is 14.4. The Balaban J connectivity index is 1.70. The summed E-state index contributed by atoms with van der Waals surface area (Å²) in [6.45, 7) is 12.9. The molecule has 3 fully saturated rings. The molecule has 13 nitrogen and oxygen atoms in total. The van der Waals surface area contributed by atoms with Crippen LogP contribution >= 0.6 is 11.8 Å². The minimum atomic E-state index is -2.38. The Bertz CT molecular complexity index is 1760. The summed E-state index contributed by atoms with van der Waals surface area (Å²) in [6, 6.07) is -1.12. The van der Waals surface area contributed by atoms with E-state index in [2.05, 4.69) is 0 Å². The van der Waals surface area contributed by atoms with Gasteiger partial charge in [0.25, 0.3) is 11.7 Å². The number of hydrogen-bond acceptors (Lipinski definition) is 13. The van der Waals surface area contributed by atoms with Crippen LogP contribution in [-0.2, 0) is 42.9 Å². The maximum Gasteiger partial charge on any atom is 0.329 e. The lowest BCUT2D eigenvalue weighted by atomic mass is 9.78. The fourth-order valence-corrected chi connectivity index (χ4v) is 11.0. The number of carbonyl (C=O) groups excluding carboxylic acids is 5. The van der Waals surface area contributed by atoms with Crippen molar-refractivity contribution >= 4 is 41.0 Å². The molecule has 4 rings (SSSR count). The molecule has 1 aliphatic carbocycles. The van der Waals surface area contributed by atoms with E-state index in [-0.39, 0.29) is 60.1 Å². The molecule has 3 N–H and O–H groups in total. The monoisotopic (exact) mass is 930 g/mol. The number of esters is 1. The molecule has 0 radical (unpaired) electrons.